The van der Waals surface area contributed by atoms with Crippen LogP contribution in [0.15, 0.2) is 82.7 Å². The molecular formula is C33H34N4O6S2. The van der Waals surface area contributed by atoms with Crippen LogP contribution in [0.5, 0.6) is 5.75 Å². The van der Waals surface area contributed by atoms with E-state index >= 15 is 0 Å². The van der Waals surface area contributed by atoms with Gasteiger partial charge in [0, 0.05) is 41.8 Å². The normalized spacial score (nSPS) is 19.1. The molecule has 3 aromatic carbocycles. The molecule has 1 saturated heterocycles. The first-order valence-electron chi connectivity index (χ1n) is 14.8. The van der Waals surface area contributed by atoms with Crippen molar-refractivity contribution in [1.82, 2.24) is 15.2 Å². The molecule has 0 saturated carbocycles. The minimum Gasteiger partial charge on any atom is -0.494 e. The van der Waals surface area contributed by atoms with Gasteiger partial charge in [-0.15, -0.1) is 11.3 Å². The summed E-state index contributed by atoms with van der Waals surface area (Å²) in [5, 5.41) is 6.31. The van der Waals surface area contributed by atoms with Gasteiger partial charge in [0.2, 0.25) is 9.84 Å². The molecule has 0 radical (unpaired) electrons. The van der Waals surface area contributed by atoms with Gasteiger partial charge < -0.3 is 20.1 Å². The molecule has 0 bridgehead atoms. The molecule has 4 aromatic rings. The minimum absolute atomic E-state index is 0.0572. The second-order valence-corrected chi connectivity index (χ2v) is 14.2. The third kappa shape index (κ3) is 6.94. The summed E-state index contributed by atoms with van der Waals surface area (Å²) < 4.78 is 38.2. The lowest BCUT2D eigenvalue weighted by molar-refractivity contribution is -0.0686. The van der Waals surface area contributed by atoms with Crippen LogP contribution in [0.25, 0.3) is 10.6 Å². The van der Waals surface area contributed by atoms with Crippen LogP contribution in [0.1, 0.15) is 45.9 Å². The van der Waals surface area contributed by atoms with Crippen molar-refractivity contribution in [2.75, 3.05) is 31.6 Å². The number of thiazole rings is 1. The van der Waals surface area contributed by atoms with E-state index in [2.05, 4.69) is 34.4 Å². The number of benzene rings is 3. The molecule has 0 aliphatic carbocycles. The second kappa shape index (κ2) is 13.1. The number of hydrogen-bond donors (Lipinski definition) is 2. The van der Waals surface area contributed by atoms with Gasteiger partial charge in [-0.2, -0.15) is 0 Å². The van der Waals surface area contributed by atoms with E-state index in [1.807, 2.05) is 24.3 Å². The molecule has 1 aromatic heterocycles. The molecule has 2 atom stereocenters. The number of nitrogens with zero attached hydrogens (tertiary/aromatic N) is 2. The van der Waals surface area contributed by atoms with E-state index < -0.39 is 21.7 Å². The molecule has 234 valence electrons. The van der Waals surface area contributed by atoms with Crippen molar-refractivity contribution in [3.8, 4) is 16.3 Å². The Labute approximate surface area is 266 Å². The van der Waals surface area contributed by atoms with Crippen LogP contribution in [0.4, 0.5) is 5.69 Å². The van der Waals surface area contributed by atoms with Gasteiger partial charge in [0.25, 0.3) is 11.8 Å². The Hall–Kier alpha value is -4.10. The number of rotatable bonds is 9. The summed E-state index contributed by atoms with van der Waals surface area (Å²) >= 11 is 1.47. The quantitative estimate of drug-likeness (QED) is 0.243. The third-order valence-electron chi connectivity index (χ3n) is 7.66. The number of hydrogen-bond acceptors (Lipinski definition) is 9. The first kappa shape index (κ1) is 30.9. The predicted molar refractivity (Wildman–Crippen MR) is 172 cm³/mol. The molecule has 10 nitrogen and oxygen atoms in total. The number of anilines is 1. The summed E-state index contributed by atoms with van der Waals surface area (Å²) in [5.74, 6) is -0.143. The number of aromatic nitrogens is 1. The molecule has 0 unspecified atom stereocenters. The molecule has 2 aliphatic heterocycles. The van der Waals surface area contributed by atoms with Gasteiger partial charge in [-0.1, -0.05) is 12.1 Å². The van der Waals surface area contributed by atoms with Gasteiger partial charge in [0.15, 0.2) is 0 Å². The fraction of sp³-hybridized carbons (Fsp3) is 0.303. The molecule has 1 fully saturated rings. The van der Waals surface area contributed by atoms with E-state index in [-0.39, 0.29) is 45.4 Å². The lowest BCUT2D eigenvalue weighted by Crippen LogP contribution is -2.45. The third-order valence-corrected chi connectivity index (χ3v) is 10.6. The summed E-state index contributed by atoms with van der Waals surface area (Å²) in [5.41, 5.74) is 1.30. The number of carbonyl (C=O) groups is 2. The summed E-state index contributed by atoms with van der Waals surface area (Å²) in [7, 11) is -3.94. The fourth-order valence-electron chi connectivity index (χ4n) is 5.63. The van der Waals surface area contributed by atoms with Crippen LogP contribution in [0, 0.1) is 0 Å². The highest BCUT2D eigenvalue weighted by Gasteiger charge is 2.31. The summed E-state index contributed by atoms with van der Waals surface area (Å²) in [4.78, 5) is 33.4. The Morgan fingerprint density at radius 2 is 1.82 bits per heavy atom. The highest BCUT2D eigenvalue weighted by atomic mass is 32.2. The molecule has 2 aliphatic rings. The predicted octanol–water partition coefficient (Wildman–Crippen LogP) is 5.02. The number of ether oxygens (including phenoxy) is 2. The smallest absolute Gasteiger partial charge is 0.257 e. The molecule has 2 amide bonds. The first-order chi connectivity index (χ1) is 21.7. The fourth-order valence-corrected chi connectivity index (χ4v) is 8.08. The highest BCUT2D eigenvalue weighted by molar-refractivity contribution is 7.91. The van der Waals surface area contributed by atoms with Crippen molar-refractivity contribution in [3.05, 3.63) is 88.9 Å². The molecule has 6 rings (SSSR count). The van der Waals surface area contributed by atoms with E-state index in [1.165, 1.54) is 41.7 Å². The number of carbonyl (C=O) groups excluding carboxylic acids is 2. The maximum Gasteiger partial charge on any atom is 0.257 e. The van der Waals surface area contributed by atoms with E-state index in [9.17, 15) is 18.0 Å². The van der Waals surface area contributed by atoms with E-state index in [1.54, 1.807) is 18.3 Å². The molecule has 0 spiro atoms. The average molecular weight is 647 g/mol. The molecule has 2 N–H and O–H groups in total. The molecule has 12 heteroatoms. The standard InChI is InChI=1S/C33H34N4O6S2/c1-21-19-37(20-22(2)43-21)14-5-15-42-25-11-8-23(9-12-25)33-35-18-26(44-33)17-34-31(38)24-10-13-30-28(16-24)36-32(39)27-6-3-4-7-29(27)45(30,40)41/h3-4,6-13,16,18,21-22H,5,14-15,17,19-20H2,1-2H3,(H,34,38)(H,36,39)/t21-,22-/m1/s1. The number of amides is 2. The van der Waals surface area contributed by atoms with Gasteiger partial charge in [-0.3, -0.25) is 14.5 Å². The van der Waals surface area contributed by atoms with Crippen molar-refractivity contribution in [3.63, 3.8) is 0 Å². The van der Waals surface area contributed by atoms with Gasteiger partial charge in [0.05, 0.1) is 46.4 Å². The Bertz CT molecular complexity index is 1810. The summed E-state index contributed by atoms with van der Waals surface area (Å²) in [6.07, 6.45) is 3.18. The van der Waals surface area contributed by atoms with Crippen LogP contribution >= 0.6 is 11.3 Å². The Morgan fingerprint density at radius 1 is 1.07 bits per heavy atom. The van der Waals surface area contributed by atoms with Crippen LogP contribution in [-0.4, -0.2) is 68.6 Å². The van der Waals surface area contributed by atoms with E-state index in [0.29, 0.717) is 6.61 Å². The number of nitrogens with one attached hydrogen (secondary N) is 2. The van der Waals surface area contributed by atoms with Crippen molar-refractivity contribution in [2.24, 2.45) is 0 Å². The zero-order valence-electron chi connectivity index (χ0n) is 25.0. The first-order valence-corrected chi connectivity index (χ1v) is 17.1. The van der Waals surface area contributed by atoms with E-state index in [4.69, 9.17) is 9.47 Å². The van der Waals surface area contributed by atoms with Crippen molar-refractivity contribution < 1.29 is 27.5 Å². The molecule has 3 heterocycles. The van der Waals surface area contributed by atoms with Gasteiger partial charge in [-0.05, 0) is 74.9 Å². The lowest BCUT2D eigenvalue weighted by Gasteiger charge is -2.35. The zero-order chi connectivity index (χ0) is 31.6. The number of morpholine rings is 1. The monoisotopic (exact) mass is 646 g/mol. The largest absolute Gasteiger partial charge is 0.494 e. The average Bonchev–Trinajstić information content (AvgIpc) is 3.48. The van der Waals surface area contributed by atoms with Crippen molar-refractivity contribution in [1.29, 1.82) is 0 Å². The number of sulfone groups is 1. The summed E-state index contributed by atoms with van der Waals surface area (Å²) in [6.45, 7) is 7.99. The van der Waals surface area contributed by atoms with Gasteiger partial charge >= 0.3 is 0 Å². The maximum absolute atomic E-state index is 13.2. The topological polar surface area (TPSA) is 127 Å². The van der Waals surface area contributed by atoms with Crippen LogP contribution < -0.4 is 15.4 Å². The van der Waals surface area contributed by atoms with Crippen molar-refractivity contribution in [2.45, 2.75) is 48.8 Å². The van der Waals surface area contributed by atoms with Crippen LogP contribution in [0.2, 0.25) is 0 Å². The summed E-state index contributed by atoms with van der Waals surface area (Å²) in [6, 6.07) is 18.0. The minimum atomic E-state index is -3.94. The SMILES string of the molecule is C[C@@H]1CN(CCCOc2ccc(-c3ncc(CNC(=O)c4ccc5c(c4)NC(=O)c4ccccc4S5(=O)=O)s3)cc2)C[C@@H](C)O1. The molecular weight excluding hydrogens is 613 g/mol. The second-order valence-electron chi connectivity index (χ2n) is 11.2. The van der Waals surface area contributed by atoms with Crippen LogP contribution in [0.3, 0.4) is 0 Å². The van der Waals surface area contributed by atoms with Crippen LogP contribution in [-0.2, 0) is 21.1 Å². The lowest BCUT2D eigenvalue weighted by atomic mass is 10.1. The van der Waals surface area contributed by atoms with Gasteiger partial charge in [-0.25, -0.2) is 13.4 Å². The zero-order valence-corrected chi connectivity index (χ0v) is 26.6. The maximum atomic E-state index is 13.2. The Kier molecular flexibility index (Phi) is 8.99. The Morgan fingerprint density at radius 3 is 2.60 bits per heavy atom. The highest BCUT2D eigenvalue weighted by Crippen LogP contribution is 2.34. The van der Waals surface area contributed by atoms with E-state index in [0.717, 1.165) is 47.3 Å². The Balaban J connectivity index is 1.02. The molecule has 45 heavy (non-hydrogen) atoms. The van der Waals surface area contributed by atoms with Gasteiger partial charge in [0.1, 0.15) is 10.8 Å². The number of fused-ring (bicyclic) bond motifs is 2. The van der Waals surface area contributed by atoms with Crippen molar-refractivity contribution >= 4 is 38.7 Å².